The van der Waals surface area contributed by atoms with Crippen LogP contribution in [0.3, 0.4) is 0 Å². The zero-order valence-electron chi connectivity index (χ0n) is 11.4. The summed E-state index contributed by atoms with van der Waals surface area (Å²) < 4.78 is 5.41. The number of methoxy groups -OCH3 is 1. The van der Waals surface area contributed by atoms with Crippen LogP contribution in [0.4, 0.5) is 0 Å². The summed E-state index contributed by atoms with van der Waals surface area (Å²) in [6, 6.07) is 8.08. The molecule has 1 atom stereocenters. The van der Waals surface area contributed by atoms with E-state index >= 15 is 0 Å². The van der Waals surface area contributed by atoms with E-state index in [1.165, 1.54) is 0 Å². The van der Waals surface area contributed by atoms with Gasteiger partial charge >= 0.3 is 0 Å². The van der Waals surface area contributed by atoms with Crippen molar-refractivity contribution in [2.45, 2.75) is 44.8 Å². The number of ether oxygens (including phenoxy) is 1. The number of benzene rings is 1. The van der Waals surface area contributed by atoms with Gasteiger partial charge in [0.25, 0.3) is 0 Å². The second-order valence-electron chi connectivity index (χ2n) is 5.16. The van der Waals surface area contributed by atoms with Gasteiger partial charge in [0.1, 0.15) is 0 Å². The van der Waals surface area contributed by atoms with Crippen LogP contribution in [-0.2, 0) is 11.2 Å². The molecule has 0 bridgehead atoms. The fraction of sp³-hybridized carbons (Fsp3) is 0.571. The van der Waals surface area contributed by atoms with Crippen molar-refractivity contribution in [1.82, 2.24) is 5.43 Å². The fourth-order valence-electron chi connectivity index (χ4n) is 1.80. The third kappa shape index (κ3) is 4.94. The van der Waals surface area contributed by atoms with Crippen molar-refractivity contribution in [3.63, 3.8) is 0 Å². The molecule has 0 fully saturated rings. The third-order valence-electron chi connectivity index (χ3n) is 3.31. The minimum atomic E-state index is -0.115. The first kappa shape index (κ1) is 15.4. The number of hydrogen-bond acceptors (Lipinski definition) is 3. The Morgan fingerprint density at radius 1 is 1.39 bits per heavy atom. The van der Waals surface area contributed by atoms with Gasteiger partial charge in [-0.15, -0.1) is 0 Å². The molecule has 0 heterocycles. The van der Waals surface area contributed by atoms with E-state index in [0.717, 1.165) is 29.8 Å². The first-order valence-electron chi connectivity index (χ1n) is 6.23. The van der Waals surface area contributed by atoms with Crippen molar-refractivity contribution in [2.24, 2.45) is 5.84 Å². The van der Waals surface area contributed by atoms with Crippen molar-refractivity contribution in [2.75, 3.05) is 7.11 Å². The van der Waals surface area contributed by atoms with Crippen LogP contribution in [0.2, 0.25) is 5.02 Å². The minimum absolute atomic E-state index is 0.115. The van der Waals surface area contributed by atoms with Crippen LogP contribution in [0.5, 0.6) is 0 Å². The van der Waals surface area contributed by atoms with Gasteiger partial charge in [0.15, 0.2) is 0 Å². The van der Waals surface area contributed by atoms with Crippen LogP contribution in [0.15, 0.2) is 24.3 Å². The summed E-state index contributed by atoms with van der Waals surface area (Å²) in [6.45, 7) is 4.16. The van der Waals surface area contributed by atoms with Gasteiger partial charge in [0.2, 0.25) is 0 Å². The summed E-state index contributed by atoms with van der Waals surface area (Å²) in [6.07, 6.45) is 2.72. The van der Waals surface area contributed by atoms with Crippen molar-refractivity contribution in [3.8, 4) is 0 Å². The number of nitrogens with two attached hydrogens (primary N) is 1. The van der Waals surface area contributed by atoms with Crippen LogP contribution in [0.25, 0.3) is 0 Å². The summed E-state index contributed by atoms with van der Waals surface area (Å²) in [7, 11) is 1.74. The highest BCUT2D eigenvalue weighted by molar-refractivity contribution is 6.31. The van der Waals surface area contributed by atoms with E-state index in [0.29, 0.717) is 0 Å². The van der Waals surface area contributed by atoms with Gasteiger partial charge in [-0.2, -0.15) is 0 Å². The number of hydrogen-bond donors (Lipinski definition) is 2. The van der Waals surface area contributed by atoms with Crippen LogP contribution in [0.1, 0.15) is 32.3 Å². The van der Waals surface area contributed by atoms with E-state index in [2.05, 4.69) is 19.3 Å². The Balaban J connectivity index is 2.55. The van der Waals surface area contributed by atoms with Gasteiger partial charge in [0, 0.05) is 18.2 Å². The molecule has 1 aromatic carbocycles. The lowest BCUT2D eigenvalue weighted by Crippen LogP contribution is -2.38. The molecule has 3 N–H and O–H groups in total. The minimum Gasteiger partial charge on any atom is -0.379 e. The lowest BCUT2D eigenvalue weighted by Gasteiger charge is -2.25. The van der Waals surface area contributed by atoms with E-state index in [-0.39, 0.29) is 11.6 Å². The molecule has 0 saturated heterocycles. The first-order valence-corrected chi connectivity index (χ1v) is 6.61. The highest BCUT2D eigenvalue weighted by Crippen LogP contribution is 2.21. The van der Waals surface area contributed by atoms with Crippen LogP contribution >= 0.6 is 11.6 Å². The Labute approximate surface area is 115 Å². The summed E-state index contributed by atoms with van der Waals surface area (Å²) in [5.74, 6) is 5.61. The predicted molar refractivity (Wildman–Crippen MR) is 76.6 cm³/mol. The Kier molecular flexibility index (Phi) is 6.09. The van der Waals surface area contributed by atoms with Gasteiger partial charge in [-0.05, 0) is 44.7 Å². The highest BCUT2D eigenvalue weighted by atomic mass is 35.5. The molecule has 0 aliphatic heterocycles. The van der Waals surface area contributed by atoms with Gasteiger partial charge < -0.3 is 4.74 Å². The molecule has 0 saturated carbocycles. The highest BCUT2D eigenvalue weighted by Gasteiger charge is 2.19. The van der Waals surface area contributed by atoms with Crippen LogP contribution in [0, 0.1) is 0 Å². The number of nitrogens with one attached hydrogen (secondary N) is 1. The largest absolute Gasteiger partial charge is 0.379 e. The summed E-state index contributed by atoms with van der Waals surface area (Å²) in [4.78, 5) is 0. The van der Waals surface area contributed by atoms with Crippen molar-refractivity contribution in [3.05, 3.63) is 34.9 Å². The van der Waals surface area contributed by atoms with Gasteiger partial charge in [0.05, 0.1) is 5.60 Å². The lowest BCUT2D eigenvalue weighted by atomic mass is 9.95. The number of rotatable bonds is 7. The fourth-order valence-corrected chi connectivity index (χ4v) is 2.01. The van der Waals surface area contributed by atoms with E-state index in [4.69, 9.17) is 22.2 Å². The third-order valence-corrected chi connectivity index (χ3v) is 3.68. The molecule has 0 amide bonds. The van der Waals surface area contributed by atoms with Gasteiger partial charge in [-0.1, -0.05) is 29.8 Å². The van der Waals surface area contributed by atoms with E-state index in [1.807, 2.05) is 24.3 Å². The van der Waals surface area contributed by atoms with E-state index in [9.17, 15) is 0 Å². The molecule has 3 nitrogen and oxygen atoms in total. The second-order valence-corrected chi connectivity index (χ2v) is 5.57. The molecule has 1 rings (SSSR count). The average Bonchev–Trinajstić information content (AvgIpc) is 2.36. The Bertz CT molecular complexity index is 369. The molecule has 18 heavy (non-hydrogen) atoms. The zero-order chi connectivity index (χ0) is 13.6. The monoisotopic (exact) mass is 270 g/mol. The maximum absolute atomic E-state index is 6.15. The summed E-state index contributed by atoms with van der Waals surface area (Å²) >= 11 is 6.15. The van der Waals surface area contributed by atoms with E-state index in [1.54, 1.807) is 7.11 Å². The Morgan fingerprint density at radius 3 is 2.61 bits per heavy atom. The number of hydrazine groups is 1. The Morgan fingerprint density at radius 2 is 2.06 bits per heavy atom. The zero-order valence-corrected chi connectivity index (χ0v) is 12.1. The normalized spacial score (nSPS) is 13.6. The molecule has 1 unspecified atom stereocenters. The van der Waals surface area contributed by atoms with Crippen molar-refractivity contribution >= 4 is 11.6 Å². The van der Waals surface area contributed by atoms with Crippen LogP contribution in [-0.4, -0.2) is 18.8 Å². The molecule has 0 aromatic heterocycles. The molecule has 102 valence electrons. The van der Waals surface area contributed by atoms with Crippen LogP contribution < -0.4 is 11.3 Å². The average molecular weight is 271 g/mol. The molecule has 4 heteroatoms. The molecule has 0 aliphatic rings. The molecule has 1 aromatic rings. The predicted octanol–water partition coefficient (Wildman–Crippen LogP) is 2.92. The van der Waals surface area contributed by atoms with E-state index < -0.39 is 0 Å². The van der Waals surface area contributed by atoms with Gasteiger partial charge in [-0.25, -0.2) is 0 Å². The topological polar surface area (TPSA) is 47.3 Å². The molecule has 0 spiro atoms. The molecule has 0 aliphatic carbocycles. The Hall–Kier alpha value is -0.610. The first-order chi connectivity index (χ1) is 8.48. The molecular formula is C14H23ClN2O. The maximum Gasteiger partial charge on any atom is 0.0623 e. The number of halogens is 1. The maximum atomic E-state index is 6.15. The standard InChI is InChI=1S/C14H23ClN2O/c1-14(2,18-3)9-8-12(17-16)10-11-6-4-5-7-13(11)15/h4-7,12,17H,8-10,16H2,1-3H3. The van der Waals surface area contributed by atoms with Gasteiger partial charge in [-0.3, -0.25) is 11.3 Å². The SMILES string of the molecule is COC(C)(C)CCC(Cc1ccccc1Cl)NN. The summed E-state index contributed by atoms with van der Waals surface area (Å²) in [5.41, 5.74) is 3.87. The summed E-state index contributed by atoms with van der Waals surface area (Å²) in [5, 5.41) is 0.795. The molecule has 0 radical (unpaired) electrons. The van der Waals surface area contributed by atoms with Crippen molar-refractivity contribution in [1.29, 1.82) is 0 Å². The smallest absolute Gasteiger partial charge is 0.0623 e. The molecular weight excluding hydrogens is 248 g/mol. The van der Waals surface area contributed by atoms with Crippen molar-refractivity contribution < 1.29 is 4.74 Å². The second kappa shape index (κ2) is 7.10. The lowest BCUT2D eigenvalue weighted by molar-refractivity contribution is 0.0117. The quantitative estimate of drug-likeness (QED) is 0.592.